The standard InChI is InChI=1S/C27H23ClN4O5S/c1-3-37-27(36)23-20-14-38-25(22(20)26(35)32(30-23)19-6-4-5-15(2)11-19)29-24(34)16-12-21(33)31(13-16)18-9-7-17(28)8-10-18/h4-11,14,16H,3,12-13H2,1-2H3,(H,29,34). The molecule has 4 aromatic rings. The predicted octanol–water partition coefficient (Wildman–Crippen LogP) is 4.58. The molecule has 2 amide bonds. The van der Waals surface area contributed by atoms with Crippen LogP contribution < -0.4 is 15.8 Å². The van der Waals surface area contributed by atoms with Crippen molar-refractivity contribution in [2.75, 3.05) is 23.4 Å². The van der Waals surface area contributed by atoms with Crippen LogP contribution in [-0.4, -0.2) is 40.7 Å². The van der Waals surface area contributed by atoms with Crippen molar-refractivity contribution in [3.63, 3.8) is 0 Å². The molecule has 1 aliphatic heterocycles. The fraction of sp³-hybridized carbons (Fsp3) is 0.222. The second-order valence-electron chi connectivity index (χ2n) is 8.85. The maximum Gasteiger partial charge on any atom is 0.359 e. The largest absolute Gasteiger partial charge is 0.461 e. The van der Waals surface area contributed by atoms with E-state index in [2.05, 4.69) is 10.4 Å². The lowest BCUT2D eigenvalue weighted by Crippen LogP contribution is -2.29. The van der Waals surface area contributed by atoms with Gasteiger partial charge in [-0.25, -0.2) is 4.79 Å². The lowest BCUT2D eigenvalue weighted by atomic mass is 10.1. The Bertz CT molecular complexity index is 1630. The number of aryl methyl sites for hydroxylation is 1. The van der Waals surface area contributed by atoms with Gasteiger partial charge in [-0.3, -0.25) is 14.4 Å². The van der Waals surface area contributed by atoms with Crippen LogP contribution in [0.2, 0.25) is 5.02 Å². The van der Waals surface area contributed by atoms with Crippen molar-refractivity contribution in [1.29, 1.82) is 0 Å². The third-order valence-corrected chi connectivity index (χ3v) is 7.39. The van der Waals surface area contributed by atoms with E-state index >= 15 is 0 Å². The molecule has 0 saturated carbocycles. The summed E-state index contributed by atoms with van der Waals surface area (Å²) in [4.78, 5) is 53.8. The maximum absolute atomic E-state index is 13.6. The van der Waals surface area contributed by atoms with Gasteiger partial charge in [0.05, 0.1) is 23.6 Å². The first-order valence-corrected chi connectivity index (χ1v) is 13.2. The topological polar surface area (TPSA) is 111 Å². The number of amides is 2. The Morgan fingerprint density at radius 2 is 1.92 bits per heavy atom. The number of nitrogens with zero attached hydrogens (tertiary/aromatic N) is 3. The minimum Gasteiger partial charge on any atom is -0.461 e. The summed E-state index contributed by atoms with van der Waals surface area (Å²) >= 11 is 7.07. The average Bonchev–Trinajstić information content (AvgIpc) is 3.49. The first-order valence-electron chi connectivity index (χ1n) is 11.9. The number of hydrogen-bond donors (Lipinski definition) is 1. The monoisotopic (exact) mass is 550 g/mol. The zero-order valence-corrected chi connectivity index (χ0v) is 22.1. The van der Waals surface area contributed by atoms with Crippen LogP contribution in [0.4, 0.5) is 10.7 Å². The number of nitrogens with one attached hydrogen (secondary N) is 1. The van der Waals surface area contributed by atoms with E-state index in [1.54, 1.807) is 59.7 Å². The average molecular weight is 551 g/mol. The molecular weight excluding hydrogens is 528 g/mol. The molecule has 11 heteroatoms. The molecule has 1 fully saturated rings. The van der Waals surface area contributed by atoms with Gasteiger partial charge in [-0.2, -0.15) is 9.78 Å². The molecule has 5 rings (SSSR count). The molecule has 3 heterocycles. The number of ether oxygens (including phenoxy) is 1. The van der Waals surface area contributed by atoms with Gasteiger partial charge in [0.15, 0.2) is 5.69 Å². The van der Waals surface area contributed by atoms with Crippen molar-refractivity contribution in [2.45, 2.75) is 20.3 Å². The molecule has 2 aromatic heterocycles. The summed E-state index contributed by atoms with van der Waals surface area (Å²) in [5.74, 6) is -1.87. The summed E-state index contributed by atoms with van der Waals surface area (Å²) in [6.07, 6.45) is 0.0287. The number of anilines is 2. The summed E-state index contributed by atoms with van der Waals surface area (Å²) in [6.45, 7) is 3.89. The van der Waals surface area contributed by atoms with Gasteiger partial charge in [-0.15, -0.1) is 11.3 Å². The summed E-state index contributed by atoms with van der Waals surface area (Å²) in [5, 5.41) is 10.0. The molecule has 38 heavy (non-hydrogen) atoms. The molecule has 0 bridgehead atoms. The van der Waals surface area contributed by atoms with Crippen molar-refractivity contribution >= 4 is 62.2 Å². The summed E-state index contributed by atoms with van der Waals surface area (Å²) in [5.41, 5.74) is 1.53. The number of hydrogen-bond acceptors (Lipinski definition) is 7. The van der Waals surface area contributed by atoms with E-state index in [4.69, 9.17) is 16.3 Å². The van der Waals surface area contributed by atoms with E-state index in [-0.39, 0.29) is 41.6 Å². The molecule has 1 atom stereocenters. The molecule has 194 valence electrons. The number of benzene rings is 2. The highest BCUT2D eigenvalue weighted by Crippen LogP contribution is 2.33. The number of carbonyl (C=O) groups excluding carboxylic acids is 3. The van der Waals surface area contributed by atoms with Crippen LogP contribution in [0.25, 0.3) is 16.5 Å². The minimum absolute atomic E-state index is 0.0235. The van der Waals surface area contributed by atoms with Crippen LogP contribution in [0.5, 0.6) is 0 Å². The highest BCUT2D eigenvalue weighted by Gasteiger charge is 2.36. The van der Waals surface area contributed by atoms with Crippen molar-refractivity contribution in [3.8, 4) is 5.69 Å². The van der Waals surface area contributed by atoms with E-state index in [1.165, 1.54) is 0 Å². The fourth-order valence-electron chi connectivity index (χ4n) is 4.39. The van der Waals surface area contributed by atoms with Crippen LogP contribution in [0.1, 0.15) is 29.4 Å². The van der Waals surface area contributed by atoms with Crippen molar-refractivity contribution in [1.82, 2.24) is 9.78 Å². The van der Waals surface area contributed by atoms with Gasteiger partial charge in [-0.05, 0) is 55.8 Å². The summed E-state index contributed by atoms with van der Waals surface area (Å²) in [6, 6.07) is 14.0. The molecule has 0 aliphatic carbocycles. The van der Waals surface area contributed by atoms with E-state index in [0.717, 1.165) is 21.6 Å². The second-order valence-corrected chi connectivity index (χ2v) is 10.2. The Kier molecular flexibility index (Phi) is 7.00. The van der Waals surface area contributed by atoms with Crippen LogP contribution in [0.3, 0.4) is 0 Å². The normalized spacial score (nSPS) is 15.2. The Morgan fingerprint density at radius 3 is 2.63 bits per heavy atom. The number of fused-ring (bicyclic) bond motifs is 1. The smallest absolute Gasteiger partial charge is 0.359 e. The Hall–Kier alpha value is -4.02. The SMILES string of the molecule is CCOC(=O)c1nn(-c2cccc(C)c2)c(=O)c2c(NC(=O)C3CC(=O)N(c4ccc(Cl)cc4)C3)scc12. The van der Waals surface area contributed by atoms with Crippen molar-refractivity contribution < 1.29 is 19.1 Å². The fourth-order valence-corrected chi connectivity index (χ4v) is 5.46. The van der Waals surface area contributed by atoms with Crippen LogP contribution in [0, 0.1) is 12.8 Å². The molecule has 1 unspecified atom stereocenters. The zero-order chi connectivity index (χ0) is 27.0. The van der Waals surface area contributed by atoms with E-state index in [1.807, 2.05) is 13.0 Å². The van der Waals surface area contributed by atoms with Gasteiger partial charge in [0.25, 0.3) is 5.56 Å². The summed E-state index contributed by atoms with van der Waals surface area (Å²) < 4.78 is 6.33. The van der Waals surface area contributed by atoms with Crippen LogP contribution in [0.15, 0.2) is 58.7 Å². The predicted molar refractivity (Wildman–Crippen MR) is 146 cm³/mol. The van der Waals surface area contributed by atoms with Crippen LogP contribution in [-0.2, 0) is 14.3 Å². The molecular formula is C27H23ClN4O5S. The molecule has 1 N–H and O–H groups in total. The first kappa shape index (κ1) is 25.6. The minimum atomic E-state index is -0.672. The molecule has 9 nitrogen and oxygen atoms in total. The van der Waals surface area contributed by atoms with E-state index in [0.29, 0.717) is 21.8 Å². The third kappa shape index (κ3) is 4.80. The molecule has 2 aromatic carbocycles. The highest BCUT2D eigenvalue weighted by molar-refractivity contribution is 7.16. The molecule has 1 saturated heterocycles. The number of carbonyl (C=O) groups is 3. The van der Waals surface area contributed by atoms with Gasteiger partial charge in [0.1, 0.15) is 5.00 Å². The number of thiophene rings is 1. The van der Waals surface area contributed by atoms with Gasteiger partial charge >= 0.3 is 5.97 Å². The van der Waals surface area contributed by atoms with E-state index in [9.17, 15) is 19.2 Å². The van der Waals surface area contributed by atoms with Crippen LogP contribution >= 0.6 is 22.9 Å². The maximum atomic E-state index is 13.6. The Morgan fingerprint density at radius 1 is 1.16 bits per heavy atom. The lowest BCUT2D eigenvalue weighted by molar-refractivity contribution is -0.122. The van der Waals surface area contributed by atoms with Crippen molar-refractivity contribution in [3.05, 3.63) is 80.5 Å². The third-order valence-electron chi connectivity index (χ3n) is 6.24. The van der Waals surface area contributed by atoms with Gasteiger partial charge in [0, 0.05) is 34.4 Å². The van der Waals surface area contributed by atoms with Crippen molar-refractivity contribution in [2.24, 2.45) is 5.92 Å². The number of esters is 1. The van der Waals surface area contributed by atoms with E-state index < -0.39 is 23.4 Å². The quantitative estimate of drug-likeness (QED) is 0.352. The molecule has 0 spiro atoms. The summed E-state index contributed by atoms with van der Waals surface area (Å²) in [7, 11) is 0. The Balaban J connectivity index is 1.50. The molecule has 1 aliphatic rings. The Labute approximate surface area is 226 Å². The van der Waals surface area contributed by atoms with Gasteiger partial charge in [0.2, 0.25) is 11.8 Å². The number of rotatable bonds is 6. The van der Waals surface area contributed by atoms with Gasteiger partial charge < -0.3 is 15.0 Å². The highest BCUT2D eigenvalue weighted by atomic mass is 35.5. The first-order chi connectivity index (χ1) is 18.3. The zero-order valence-electron chi connectivity index (χ0n) is 20.6. The number of aromatic nitrogens is 2. The number of halogens is 1. The van der Waals surface area contributed by atoms with Gasteiger partial charge in [-0.1, -0.05) is 23.7 Å². The molecule has 0 radical (unpaired) electrons. The second kappa shape index (κ2) is 10.4. The lowest BCUT2D eigenvalue weighted by Gasteiger charge is -2.16.